The second-order valence-electron chi connectivity index (χ2n) is 5.77. The third kappa shape index (κ3) is 5.31. The molecule has 0 saturated carbocycles. The van der Waals surface area contributed by atoms with Crippen molar-refractivity contribution >= 4 is 15.9 Å². The van der Waals surface area contributed by atoms with Crippen molar-refractivity contribution in [3.05, 3.63) is 33.8 Å². The molecule has 120 valence electrons. The first-order valence-corrected chi connectivity index (χ1v) is 8.03. The molecule has 0 heterocycles. The predicted molar refractivity (Wildman–Crippen MR) is 85.4 cm³/mol. The second kappa shape index (κ2) is 8.20. The number of nitrogens with one attached hydrogen (secondary N) is 1. The summed E-state index contributed by atoms with van der Waals surface area (Å²) >= 11 is 3.17. The average Bonchev–Trinajstić information content (AvgIpc) is 2.46. The van der Waals surface area contributed by atoms with Crippen LogP contribution in [0.25, 0.3) is 0 Å². The molecular weight excluding hydrogens is 340 g/mol. The molecule has 2 nitrogen and oxygen atoms in total. The van der Waals surface area contributed by atoms with Crippen molar-refractivity contribution < 1.29 is 13.5 Å². The number of methoxy groups -OCH3 is 1. The Morgan fingerprint density at radius 3 is 2.57 bits per heavy atom. The summed E-state index contributed by atoms with van der Waals surface area (Å²) in [5.74, 6) is -1.67. The zero-order valence-corrected chi connectivity index (χ0v) is 14.7. The lowest BCUT2D eigenvalue weighted by molar-refractivity contribution is 0.0116. The fraction of sp³-hybridized carbons (Fsp3) is 0.625. The van der Waals surface area contributed by atoms with Crippen molar-refractivity contribution in [1.29, 1.82) is 0 Å². The summed E-state index contributed by atoms with van der Waals surface area (Å²) in [7, 11) is 1.68. The Morgan fingerprint density at radius 1 is 1.33 bits per heavy atom. The third-order valence-electron chi connectivity index (χ3n) is 3.67. The molecule has 0 aliphatic carbocycles. The van der Waals surface area contributed by atoms with Gasteiger partial charge in [-0.2, -0.15) is 0 Å². The minimum Gasteiger partial charge on any atom is -0.379 e. The van der Waals surface area contributed by atoms with Gasteiger partial charge >= 0.3 is 0 Å². The Balaban J connectivity index is 2.94. The third-order valence-corrected chi connectivity index (χ3v) is 4.47. The molecule has 1 aromatic carbocycles. The number of halogens is 3. The van der Waals surface area contributed by atoms with Gasteiger partial charge in [-0.25, -0.2) is 8.78 Å². The van der Waals surface area contributed by atoms with Gasteiger partial charge in [-0.15, -0.1) is 0 Å². The minimum absolute atomic E-state index is 0.0381. The molecule has 1 atom stereocenters. The van der Waals surface area contributed by atoms with E-state index in [-0.39, 0.29) is 16.1 Å². The number of hydrogen-bond acceptors (Lipinski definition) is 2. The highest BCUT2D eigenvalue weighted by Gasteiger charge is 2.23. The van der Waals surface area contributed by atoms with Gasteiger partial charge in [0, 0.05) is 13.2 Å². The van der Waals surface area contributed by atoms with Crippen LogP contribution in [0.3, 0.4) is 0 Å². The molecule has 1 N–H and O–H groups in total. The molecule has 0 aromatic heterocycles. The van der Waals surface area contributed by atoms with E-state index in [9.17, 15) is 8.78 Å². The number of ether oxygens (including phenoxy) is 1. The van der Waals surface area contributed by atoms with Gasteiger partial charge in [0.05, 0.1) is 10.1 Å². The van der Waals surface area contributed by atoms with Gasteiger partial charge in [0.1, 0.15) is 0 Å². The van der Waals surface area contributed by atoms with Gasteiger partial charge in [0.2, 0.25) is 0 Å². The number of hydrogen-bond donors (Lipinski definition) is 1. The quantitative estimate of drug-likeness (QED) is 0.658. The minimum atomic E-state index is -0.836. The Kier molecular flexibility index (Phi) is 7.24. The first-order valence-electron chi connectivity index (χ1n) is 7.24. The summed E-state index contributed by atoms with van der Waals surface area (Å²) in [6.07, 6.45) is 2.58. The molecular formula is C16H24BrF2NO. The molecule has 1 rings (SSSR count). The molecule has 5 heteroatoms. The highest BCUT2D eigenvalue weighted by Crippen LogP contribution is 2.32. The smallest absolute Gasteiger partial charge is 0.173 e. The van der Waals surface area contributed by atoms with Crippen molar-refractivity contribution in [2.45, 2.75) is 51.7 Å². The van der Waals surface area contributed by atoms with Crippen LogP contribution in [0.15, 0.2) is 16.6 Å². The molecule has 0 bridgehead atoms. The van der Waals surface area contributed by atoms with Crippen molar-refractivity contribution in [3.63, 3.8) is 0 Å². The second-order valence-corrected chi connectivity index (χ2v) is 6.57. The van der Waals surface area contributed by atoms with E-state index < -0.39 is 11.6 Å². The van der Waals surface area contributed by atoms with E-state index in [2.05, 4.69) is 28.2 Å². The van der Waals surface area contributed by atoms with Crippen LogP contribution in [-0.2, 0) is 4.74 Å². The summed E-state index contributed by atoms with van der Waals surface area (Å²) in [4.78, 5) is 0. The van der Waals surface area contributed by atoms with Crippen molar-refractivity contribution in [2.24, 2.45) is 0 Å². The summed E-state index contributed by atoms with van der Waals surface area (Å²) in [5.41, 5.74) is 0.506. The van der Waals surface area contributed by atoms with E-state index in [1.807, 2.05) is 13.8 Å². The van der Waals surface area contributed by atoms with Crippen LogP contribution >= 0.6 is 15.9 Å². The normalized spacial score (nSPS) is 13.5. The standard InChI is InChI=1S/C16H24BrF2NO/c1-5-10-20-13(8-9-16(2,3)21-4)11-6-7-12(18)15(19)14(11)17/h6-7,13,20H,5,8-10H2,1-4H3. The highest BCUT2D eigenvalue weighted by atomic mass is 79.9. The zero-order valence-electron chi connectivity index (χ0n) is 13.1. The molecule has 0 fully saturated rings. The summed E-state index contributed by atoms with van der Waals surface area (Å²) in [5, 5.41) is 3.40. The van der Waals surface area contributed by atoms with E-state index >= 15 is 0 Å². The molecule has 0 spiro atoms. The monoisotopic (exact) mass is 363 g/mol. The topological polar surface area (TPSA) is 21.3 Å². The van der Waals surface area contributed by atoms with Crippen molar-refractivity contribution in [3.8, 4) is 0 Å². The lowest BCUT2D eigenvalue weighted by Crippen LogP contribution is -2.28. The molecule has 0 aliphatic rings. The van der Waals surface area contributed by atoms with E-state index in [1.54, 1.807) is 13.2 Å². The maximum atomic E-state index is 13.7. The molecule has 21 heavy (non-hydrogen) atoms. The molecule has 0 aliphatic heterocycles. The fourth-order valence-electron chi connectivity index (χ4n) is 2.09. The maximum Gasteiger partial charge on any atom is 0.173 e. The lowest BCUT2D eigenvalue weighted by atomic mass is 9.94. The molecule has 1 unspecified atom stereocenters. The van der Waals surface area contributed by atoms with E-state index in [1.165, 1.54) is 6.07 Å². The molecule has 1 aromatic rings. The highest BCUT2D eigenvalue weighted by molar-refractivity contribution is 9.10. The largest absolute Gasteiger partial charge is 0.379 e. The van der Waals surface area contributed by atoms with Gasteiger partial charge < -0.3 is 10.1 Å². The van der Waals surface area contributed by atoms with Crippen molar-refractivity contribution in [2.75, 3.05) is 13.7 Å². The van der Waals surface area contributed by atoms with Gasteiger partial charge in [0.25, 0.3) is 0 Å². The maximum absolute atomic E-state index is 13.7. The van der Waals surface area contributed by atoms with Crippen LogP contribution < -0.4 is 5.32 Å². The van der Waals surface area contributed by atoms with Crippen LogP contribution in [0.1, 0.15) is 51.6 Å². The Labute approximate surface area is 134 Å². The zero-order chi connectivity index (χ0) is 16.0. The van der Waals surface area contributed by atoms with E-state index in [4.69, 9.17) is 4.74 Å². The predicted octanol–water partition coefficient (Wildman–Crippen LogP) is 4.97. The first kappa shape index (κ1) is 18.5. The van der Waals surface area contributed by atoms with Crippen molar-refractivity contribution in [1.82, 2.24) is 5.32 Å². The molecule has 0 saturated heterocycles. The van der Waals surface area contributed by atoms with Gasteiger partial charge in [-0.1, -0.05) is 13.0 Å². The lowest BCUT2D eigenvalue weighted by Gasteiger charge is -2.27. The van der Waals surface area contributed by atoms with Gasteiger partial charge in [-0.3, -0.25) is 0 Å². The average molecular weight is 364 g/mol. The van der Waals surface area contributed by atoms with Crippen LogP contribution in [-0.4, -0.2) is 19.3 Å². The van der Waals surface area contributed by atoms with Gasteiger partial charge in [-0.05, 0) is 67.2 Å². The van der Waals surface area contributed by atoms with Gasteiger partial charge in [0.15, 0.2) is 11.6 Å². The summed E-state index contributed by atoms with van der Waals surface area (Å²) in [6.45, 7) is 6.93. The fourth-order valence-corrected chi connectivity index (χ4v) is 2.69. The first-order chi connectivity index (χ1) is 9.82. The van der Waals surface area contributed by atoms with Crippen LogP contribution in [0.2, 0.25) is 0 Å². The van der Waals surface area contributed by atoms with E-state index in [0.717, 1.165) is 31.4 Å². The Hall–Kier alpha value is -0.520. The SMILES string of the molecule is CCCNC(CCC(C)(C)OC)c1ccc(F)c(F)c1Br. The summed E-state index contributed by atoms with van der Waals surface area (Å²) in [6, 6.07) is 2.77. The number of rotatable bonds is 8. The molecule has 0 amide bonds. The Morgan fingerprint density at radius 2 is 2.00 bits per heavy atom. The number of benzene rings is 1. The van der Waals surface area contributed by atoms with Crippen LogP contribution in [0.5, 0.6) is 0 Å². The Bertz CT molecular complexity index is 466. The molecule has 0 radical (unpaired) electrons. The van der Waals surface area contributed by atoms with Crippen LogP contribution in [0.4, 0.5) is 8.78 Å². The summed E-state index contributed by atoms with van der Waals surface area (Å²) < 4.78 is 32.6. The van der Waals surface area contributed by atoms with E-state index in [0.29, 0.717) is 0 Å². The van der Waals surface area contributed by atoms with Crippen LogP contribution in [0, 0.1) is 11.6 Å².